The molecule has 1 aromatic heterocycles. The van der Waals surface area contributed by atoms with E-state index in [0.29, 0.717) is 16.4 Å². The zero-order chi connectivity index (χ0) is 13.1. The molecule has 0 bridgehead atoms. The van der Waals surface area contributed by atoms with Crippen molar-refractivity contribution >= 4 is 28.9 Å². The molecule has 92 valence electrons. The molecule has 5 heteroatoms. The van der Waals surface area contributed by atoms with Crippen molar-refractivity contribution in [3.63, 3.8) is 0 Å². The van der Waals surface area contributed by atoms with Gasteiger partial charge < -0.3 is 10.4 Å². The summed E-state index contributed by atoms with van der Waals surface area (Å²) in [7, 11) is 0. The van der Waals surface area contributed by atoms with Gasteiger partial charge in [-0.3, -0.25) is 4.98 Å². The van der Waals surface area contributed by atoms with Gasteiger partial charge in [-0.25, -0.2) is 4.79 Å². The molecule has 0 saturated carbocycles. The first-order valence-electron chi connectivity index (χ1n) is 5.28. The van der Waals surface area contributed by atoms with E-state index in [1.54, 1.807) is 12.1 Å². The highest BCUT2D eigenvalue weighted by Gasteiger charge is 2.10. The minimum Gasteiger partial charge on any atom is -0.478 e. The van der Waals surface area contributed by atoms with Crippen molar-refractivity contribution in [3.05, 3.63) is 52.8 Å². The summed E-state index contributed by atoms with van der Waals surface area (Å²) in [5, 5.41) is 12.6. The fourth-order valence-corrected chi connectivity index (χ4v) is 1.83. The van der Waals surface area contributed by atoms with E-state index in [9.17, 15) is 4.79 Å². The van der Waals surface area contributed by atoms with E-state index in [1.165, 1.54) is 18.5 Å². The van der Waals surface area contributed by atoms with E-state index in [0.717, 1.165) is 5.56 Å². The van der Waals surface area contributed by atoms with Gasteiger partial charge >= 0.3 is 5.97 Å². The molecule has 0 saturated heterocycles. The zero-order valence-corrected chi connectivity index (χ0v) is 10.4. The molecule has 18 heavy (non-hydrogen) atoms. The van der Waals surface area contributed by atoms with E-state index < -0.39 is 5.97 Å². The first kappa shape index (κ1) is 12.4. The number of nitrogens with one attached hydrogen (secondary N) is 1. The lowest BCUT2D eigenvalue weighted by Gasteiger charge is -2.10. The maximum absolute atomic E-state index is 11.1. The van der Waals surface area contributed by atoms with Gasteiger partial charge in [0.25, 0.3) is 0 Å². The highest BCUT2D eigenvalue weighted by Crippen LogP contribution is 2.27. The number of rotatable bonds is 3. The first-order valence-corrected chi connectivity index (χ1v) is 5.66. The van der Waals surface area contributed by atoms with Crippen LogP contribution in [0.25, 0.3) is 0 Å². The molecular formula is C13H11ClN2O2. The van der Waals surface area contributed by atoms with Crippen molar-refractivity contribution in [2.45, 2.75) is 6.92 Å². The molecule has 0 fully saturated rings. The number of nitrogens with zero attached hydrogens (tertiary/aromatic N) is 1. The van der Waals surface area contributed by atoms with Crippen LogP contribution < -0.4 is 5.32 Å². The van der Waals surface area contributed by atoms with Crippen LogP contribution in [0.15, 0.2) is 36.7 Å². The Bertz CT molecular complexity index is 599. The maximum Gasteiger partial charge on any atom is 0.337 e. The Balaban J connectivity index is 2.37. The Hall–Kier alpha value is -2.07. The fourth-order valence-electron chi connectivity index (χ4n) is 1.55. The number of halogens is 1. The second-order valence-electron chi connectivity index (χ2n) is 3.83. The molecule has 0 spiro atoms. The van der Waals surface area contributed by atoms with Crippen LogP contribution in [-0.2, 0) is 0 Å². The molecular weight excluding hydrogens is 252 g/mol. The van der Waals surface area contributed by atoms with Crippen LogP contribution in [0.4, 0.5) is 11.4 Å². The Kier molecular flexibility index (Phi) is 3.48. The van der Waals surface area contributed by atoms with Gasteiger partial charge in [-0.05, 0) is 30.7 Å². The molecule has 0 amide bonds. The van der Waals surface area contributed by atoms with Crippen LogP contribution in [0.5, 0.6) is 0 Å². The number of aromatic carboxylic acids is 1. The standard InChI is InChI=1S/C13H11ClN2O2/c1-8-2-3-11(10(14)6-8)16-12-7-15-5-4-9(12)13(17)18/h2-7,16H,1H3,(H,17,18). The van der Waals surface area contributed by atoms with E-state index in [1.807, 2.05) is 13.0 Å². The Morgan fingerprint density at radius 2 is 2.11 bits per heavy atom. The lowest BCUT2D eigenvalue weighted by atomic mass is 10.2. The number of benzene rings is 1. The maximum atomic E-state index is 11.1. The van der Waals surface area contributed by atoms with Gasteiger partial charge in [-0.1, -0.05) is 17.7 Å². The third kappa shape index (κ3) is 2.60. The summed E-state index contributed by atoms with van der Waals surface area (Å²) >= 11 is 6.08. The molecule has 0 aliphatic heterocycles. The van der Waals surface area contributed by atoms with Gasteiger partial charge in [-0.2, -0.15) is 0 Å². The Labute approximate surface area is 109 Å². The molecule has 0 unspecified atom stereocenters. The van der Waals surface area contributed by atoms with Crippen molar-refractivity contribution in [2.75, 3.05) is 5.32 Å². The lowest BCUT2D eigenvalue weighted by Crippen LogP contribution is -2.03. The summed E-state index contributed by atoms with van der Waals surface area (Å²) in [4.78, 5) is 15.0. The number of aryl methyl sites for hydroxylation is 1. The average Bonchev–Trinajstić information content (AvgIpc) is 2.33. The van der Waals surface area contributed by atoms with Crippen molar-refractivity contribution in [3.8, 4) is 0 Å². The molecule has 2 N–H and O–H groups in total. The summed E-state index contributed by atoms with van der Waals surface area (Å²) in [6.45, 7) is 1.93. The van der Waals surface area contributed by atoms with E-state index in [2.05, 4.69) is 10.3 Å². The summed E-state index contributed by atoms with van der Waals surface area (Å²) in [5.74, 6) is -1.01. The summed E-state index contributed by atoms with van der Waals surface area (Å²) in [6.07, 6.45) is 2.89. The minimum absolute atomic E-state index is 0.154. The van der Waals surface area contributed by atoms with Gasteiger partial charge in [0.2, 0.25) is 0 Å². The van der Waals surface area contributed by atoms with Crippen molar-refractivity contribution in [2.24, 2.45) is 0 Å². The van der Waals surface area contributed by atoms with Crippen molar-refractivity contribution in [1.29, 1.82) is 0 Å². The molecule has 4 nitrogen and oxygen atoms in total. The molecule has 1 heterocycles. The van der Waals surface area contributed by atoms with Gasteiger partial charge in [0.1, 0.15) is 0 Å². The molecule has 1 aromatic carbocycles. The minimum atomic E-state index is -1.01. The van der Waals surface area contributed by atoms with Crippen molar-refractivity contribution < 1.29 is 9.90 Å². The smallest absolute Gasteiger partial charge is 0.337 e. The van der Waals surface area contributed by atoms with E-state index >= 15 is 0 Å². The van der Waals surface area contributed by atoms with E-state index in [-0.39, 0.29) is 5.56 Å². The monoisotopic (exact) mass is 262 g/mol. The zero-order valence-electron chi connectivity index (χ0n) is 9.64. The average molecular weight is 263 g/mol. The Morgan fingerprint density at radius 3 is 2.78 bits per heavy atom. The topological polar surface area (TPSA) is 62.2 Å². The second kappa shape index (κ2) is 5.06. The van der Waals surface area contributed by atoms with Gasteiger partial charge in [-0.15, -0.1) is 0 Å². The third-order valence-corrected chi connectivity index (χ3v) is 2.76. The summed E-state index contributed by atoms with van der Waals surface area (Å²) in [5.41, 5.74) is 2.25. The van der Waals surface area contributed by atoms with Crippen LogP contribution in [-0.4, -0.2) is 16.1 Å². The van der Waals surface area contributed by atoms with Gasteiger partial charge in [0, 0.05) is 6.20 Å². The number of carbonyl (C=O) groups is 1. The Morgan fingerprint density at radius 1 is 1.33 bits per heavy atom. The first-order chi connectivity index (χ1) is 8.58. The van der Waals surface area contributed by atoms with Gasteiger partial charge in [0.15, 0.2) is 0 Å². The number of anilines is 2. The molecule has 0 atom stereocenters. The molecule has 2 rings (SSSR count). The number of hydrogen-bond acceptors (Lipinski definition) is 3. The molecule has 0 radical (unpaired) electrons. The van der Waals surface area contributed by atoms with Crippen LogP contribution in [0, 0.1) is 6.92 Å². The number of carboxylic acid groups (broad SMARTS) is 1. The summed E-state index contributed by atoms with van der Waals surface area (Å²) in [6, 6.07) is 6.94. The van der Waals surface area contributed by atoms with Crippen LogP contribution in [0.2, 0.25) is 5.02 Å². The normalized spacial score (nSPS) is 10.1. The second-order valence-corrected chi connectivity index (χ2v) is 4.24. The molecule has 0 aliphatic carbocycles. The number of hydrogen-bond donors (Lipinski definition) is 2. The summed E-state index contributed by atoms with van der Waals surface area (Å²) < 4.78 is 0. The number of carboxylic acids is 1. The SMILES string of the molecule is Cc1ccc(Nc2cnccc2C(=O)O)c(Cl)c1. The lowest BCUT2D eigenvalue weighted by molar-refractivity contribution is 0.0698. The van der Waals surface area contributed by atoms with Crippen LogP contribution >= 0.6 is 11.6 Å². The van der Waals surface area contributed by atoms with Crippen molar-refractivity contribution in [1.82, 2.24) is 4.98 Å². The fraction of sp³-hybridized carbons (Fsp3) is 0.0769. The molecule has 2 aromatic rings. The van der Waals surface area contributed by atoms with Gasteiger partial charge in [0.05, 0.1) is 28.2 Å². The van der Waals surface area contributed by atoms with E-state index in [4.69, 9.17) is 16.7 Å². The third-order valence-electron chi connectivity index (χ3n) is 2.45. The predicted molar refractivity (Wildman–Crippen MR) is 70.7 cm³/mol. The van der Waals surface area contributed by atoms with Crippen LogP contribution in [0.1, 0.15) is 15.9 Å². The molecule has 0 aliphatic rings. The quantitative estimate of drug-likeness (QED) is 0.889. The highest BCUT2D eigenvalue weighted by atomic mass is 35.5. The number of pyridine rings is 1. The highest BCUT2D eigenvalue weighted by molar-refractivity contribution is 6.33. The largest absolute Gasteiger partial charge is 0.478 e. The predicted octanol–water partition coefficient (Wildman–Crippen LogP) is 3.49. The van der Waals surface area contributed by atoms with Crippen LogP contribution in [0.3, 0.4) is 0 Å². The number of aromatic nitrogens is 1.